The number of nitrogens with zero attached hydrogens (tertiary/aromatic N) is 2. The highest BCUT2D eigenvalue weighted by Crippen LogP contribution is 2.23. The van der Waals surface area contributed by atoms with Gasteiger partial charge in [0, 0.05) is 4.47 Å². The summed E-state index contributed by atoms with van der Waals surface area (Å²) in [4.78, 5) is 15.9. The van der Waals surface area contributed by atoms with Crippen LogP contribution in [0.25, 0.3) is 0 Å². The van der Waals surface area contributed by atoms with Crippen molar-refractivity contribution in [1.82, 2.24) is 4.98 Å². The number of amides is 1. The number of rotatable bonds is 2. The van der Waals surface area contributed by atoms with Crippen molar-refractivity contribution >= 4 is 44.8 Å². The van der Waals surface area contributed by atoms with Gasteiger partial charge in [-0.2, -0.15) is 5.26 Å². The molecule has 0 radical (unpaired) electrons. The van der Waals surface area contributed by atoms with Crippen molar-refractivity contribution in [2.45, 2.75) is 0 Å². The van der Waals surface area contributed by atoms with E-state index in [0.717, 1.165) is 4.47 Å². The van der Waals surface area contributed by atoms with Gasteiger partial charge in [0.15, 0.2) is 0 Å². The molecule has 0 saturated carbocycles. The van der Waals surface area contributed by atoms with E-state index >= 15 is 0 Å². The van der Waals surface area contributed by atoms with Crippen LogP contribution < -0.4 is 11.1 Å². The largest absolute Gasteiger partial charge is 0.397 e. The van der Waals surface area contributed by atoms with Crippen molar-refractivity contribution in [1.29, 1.82) is 5.26 Å². The number of anilines is 2. The molecular formula is C13H8BrClN4O. The first-order valence-corrected chi connectivity index (χ1v) is 6.60. The van der Waals surface area contributed by atoms with Gasteiger partial charge in [-0.1, -0.05) is 27.5 Å². The molecule has 100 valence electrons. The molecule has 0 aliphatic carbocycles. The van der Waals surface area contributed by atoms with Gasteiger partial charge in [-0.05, 0) is 24.3 Å². The van der Waals surface area contributed by atoms with Gasteiger partial charge >= 0.3 is 0 Å². The number of aromatic nitrogens is 1. The van der Waals surface area contributed by atoms with Crippen LogP contribution in [0, 0.1) is 11.3 Å². The van der Waals surface area contributed by atoms with Crippen LogP contribution >= 0.6 is 27.5 Å². The van der Waals surface area contributed by atoms with E-state index in [0.29, 0.717) is 11.3 Å². The molecule has 7 heteroatoms. The number of carbonyl (C=O) groups is 1. The summed E-state index contributed by atoms with van der Waals surface area (Å²) >= 11 is 9.02. The van der Waals surface area contributed by atoms with Crippen molar-refractivity contribution in [2.24, 2.45) is 0 Å². The summed E-state index contributed by atoms with van der Waals surface area (Å²) in [6.45, 7) is 0. The second-order valence-electron chi connectivity index (χ2n) is 3.85. The molecule has 1 aromatic heterocycles. The number of nitrogen functional groups attached to an aromatic ring is 1. The molecule has 0 saturated heterocycles. The Morgan fingerprint density at radius 1 is 1.45 bits per heavy atom. The third-order valence-electron chi connectivity index (χ3n) is 2.50. The highest BCUT2D eigenvalue weighted by molar-refractivity contribution is 9.10. The minimum Gasteiger partial charge on any atom is -0.397 e. The smallest absolute Gasteiger partial charge is 0.257 e. The number of hydrogen-bond acceptors (Lipinski definition) is 4. The van der Waals surface area contributed by atoms with Gasteiger partial charge in [0.1, 0.15) is 11.2 Å². The van der Waals surface area contributed by atoms with Gasteiger partial charge in [-0.15, -0.1) is 0 Å². The summed E-state index contributed by atoms with van der Waals surface area (Å²) in [5.41, 5.74) is 6.84. The van der Waals surface area contributed by atoms with Crippen LogP contribution in [-0.4, -0.2) is 10.9 Å². The lowest BCUT2D eigenvalue weighted by Crippen LogP contribution is -2.15. The zero-order chi connectivity index (χ0) is 14.7. The average Bonchev–Trinajstić information content (AvgIpc) is 2.41. The van der Waals surface area contributed by atoms with Gasteiger partial charge in [0.2, 0.25) is 0 Å². The molecular weight excluding hydrogens is 344 g/mol. The maximum absolute atomic E-state index is 12.2. The highest BCUT2D eigenvalue weighted by atomic mass is 79.9. The molecule has 0 fully saturated rings. The molecule has 1 aromatic carbocycles. The fourth-order valence-corrected chi connectivity index (χ4v) is 2.06. The molecule has 5 nitrogen and oxygen atoms in total. The summed E-state index contributed by atoms with van der Waals surface area (Å²) in [6.07, 6.45) is 1.31. The van der Waals surface area contributed by atoms with E-state index in [2.05, 4.69) is 26.2 Å². The van der Waals surface area contributed by atoms with Crippen LogP contribution in [-0.2, 0) is 0 Å². The Hall–Kier alpha value is -2.10. The fraction of sp³-hybridized carbons (Fsp3) is 0. The van der Waals surface area contributed by atoms with E-state index in [1.165, 1.54) is 12.3 Å². The Bertz CT molecular complexity index is 727. The first-order chi connectivity index (χ1) is 9.51. The molecule has 3 N–H and O–H groups in total. The third-order valence-corrected chi connectivity index (χ3v) is 3.20. The van der Waals surface area contributed by atoms with E-state index in [9.17, 15) is 4.79 Å². The van der Waals surface area contributed by atoms with Gasteiger partial charge < -0.3 is 11.1 Å². The summed E-state index contributed by atoms with van der Waals surface area (Å²) in [5, 5.41) is 11.8. The maximum Gasteiger partial charge on any atom is 0.257 e. The van der Waals surface area contributed by atoms with Crippen molar-refractivity contribution < 1.29 is 4.79 Å². The molecule has 0 aliphatic heterocycles. The monoisotopic (exact) mass is 350 g/mol. The van der Waals surface area contributed by atoms with E-state index in [1.54, 1.807) is 18.2 Å². The predicted octanol–water partition coefficient (Wildman–Crippen LogP) is 3.20. The van der Waals surface area contributed by atoms with Crippen LogP contribution in [0.1, 0.15) is 15.9 Å². The van der Waals surface area contributed by atoms with E-state index < -0.39 is 5.91 Å². The molecule has 0 bridgehead atoms. The Morgan fingerprint density at radius 3 is 2.90 bits per heavy atom. The number of nitrogens with two attached hydrogens (primary N) is 1. The van der Waals surface area contributed by atoms with Crippen LogP contribution in [0.2, 0.25) is 5.15 Å². The van der Waals surface area contributed by atoms with Crippen molar-refractivity contribution in [3.63, 3.8) is 0 Å². The van der Waals surface area contributed by atoms with Gasteiger partial charge in [-0.3, -0.25) is 4.79 Å². The topological polar surface area (TPSA) is 91.8 Å². The van der Waals surface area contributed by atoms with Crippen molar-refractivity contribution in [3.8, 4) is 6.07 Å². The number of halogens is 2. The molecule has 0 atom stereocenters. The zero-order valence-corrected chi connectivity index (χ0v) is 12.4. The lowest BCUT2D eigenvalue weighted by molar-refractivity contribution is 0.102. The summed E-state index contributed by atoms with van der Waals surface area (Å²) in [7, 11) is 0. The standard InChI is InChI=1S/C13H8BrClN4O/c14-8-2-1-7(5-16)11(3-8)19-13(20)9-4-12(15)18-6-10(9)17/h1-4,6H,17H2,(H,19,20). The Morgan fingerprint density at radius 2 is 2.20 bits per heavy atom. The predicted molar refractivity (Wildman–Crippen MR) is 80.5 cm³/mol. The minimum atomic E-state index is -0.457. The molecule has 20 heavy (non-hydrogen) atoms. The van der Waals surface area contributed by atoms with E-state index in [4.69, 9.17) is 22.6 Å². The number of pyridine rings is 1. The minimum absolute atomic E-state index is 0.166. The average molecular weight is 352 g/mol. The van der Waals surface area contributed by atoms with Crippen LogP contribution in [0.4, 0.5) is 11.4 Å². The Balaban J connectivity index is 2.35. The lowest BCUT2D eigenvalue weighted by Gasteiger charge is -2.09. The second-order valence-corrected chi connectivity index (χ2v) is 5.15. The first-order valence-electron chi connectivity index (χ1n) is 5.43. The van der Waals surface area contributed by atoms with Crippen LogP contribution in [0.3, 0.4) is 0 Å². The number of carbonyl (C=O) groups excluding carboxylic acids is 1. The Labute approximate surface area is 128 Å². The van der Waals surface area contributed by atoms with Gasteiger partial charge in [0.05, 0.1) is 28.7 Å². The van der Waals surface area contributed by atoms with Gasteiger partial charge in [-0.25, -0.2) is 4.98 Å². The van der Waals surface area contributed by atoms with E-state index in [1.807, 2.05) is 6.07 Å². The molecule has 1 heterocycles. The molecule has 2 aromatic rings. The molecule has 0 spiro atoms. The fourth-order valence-electron chi connectivity index (χ4n) is 1.54. The first kappa shape index (κ1) is 14.3. The quantitative estimate of drug-likeness (QED) is 0.813. The third kappa shape index (κ3) is 3.07. The van der Waals surface area contributed by atoms with Crippen LogP contribution in [0.15, 0.2) is 34.9 Å². The summed E-state index contributed by atoms with van der Waals surface area (Å²) in [6, 6.07) is 8.32. The zero-order valence-electron chi connectivity index (χ0n) is 10.0. The SMILES string of the molecule is N#Cc1ccc(Br)cc1NC(=O)c1cc(Cl)ncc1N. The molecule has 0 aliphatic rings. The van der Waals surface area contributed by atoms with Crippen molar-refractivity contribution in [3.05, 3.63) is 51.2 Å². The van der Waals surface area contributed by atoms with E-state index in [-0.39, 0.29) is 16.4 Å². The lowest BCUT2D eigenvalue weighted by atomic mass is 10.1. The van der Waals surface area contributed by atoms with Crippen LogP contribution in [0.5, 0.6) is 0 Å². The second kappa shape index (κ2) is 5.90. The number of nitrogens with one attached hydrogen (secondary N) is 1. The Kier molecular flexibility index (Phi) is 4.23. The summed E-state index contributed by atoms with van der Waals surface area (Å²) < 4.78 is 0.743. The maximum atomic E-state index is 12.2. The summed E-state index contributed by atoms with van der Waals surface area (Å²) in [5.74, 6) is -0.457. The van der Waals surface area contributed by atoms with Gasteiger partial charge in [0.25, 0.3) is 5.91 Å². The number of nitriles is 1. The number of benzene rings is 1. The molecule has 1 amide bonds. The number of hydrogen-bond donors (Lipinski definition) is 2. The molecule has 2 rings (SSSR count). The normalized spacial score (nSPS) is 9.85. The highest BCUT2D eigenvalue weighted by Gasteiger charge is 2.13. The molecule has 0 unspecified atom stereocenters. The van der Waals surface area contributed by atoms with Crippen molar-refractivity contribution in [2.75, 3.05) is 11.1 Å².